The Bertz CT molecular complexity index is 475. The second kappa shape index (κ2) is 7.56. The van der Waals surface area contributed by atoms with E-state index in [0.717, 1.165) is 24.3 Å². The van der Waals surface area contributed by atoms with E-state index in [9.17, 15) is 9.59 Å². The number of nitrogens with one attached hydrogen (secondary N) is 2. The van der Waals surface area contributed by atoms with Gasteiger partial charge in [0.25, 0.3) is 0 Å². The molecule has 3 unspecified atom stereocenters. The second-order valence-corrected chi connectivity index (χ2v) is 6.41. The monoisotopic (exact) mass is 310 g/mol. The highest BCUT2D eigenvalue weighted by Gasteiger charge is 2.28. The summed E-state index contributed by atoms with van der Waals surface area (Å²) in [7, 11) is 1.37. The van der Waals surface area contributed by atoms with Crippen molar-refractivity contribution in [3.05, 3.63) is 22.4 Å². The van der Waals surface area contributed by atoms with Gasteiger partial charge in [0.2, 0.25) is 5.91 Å². The highest BCUT2D eigenvalue weighted by molar-refractivity contribution is 7.10. The number of rotatable bonds is 5. The maximum Gasteiger partial charge on any atom is 0.307 e. The first-order chi connectivity index (χ1) is 10.1. The fourth-order valence-corrected chi connectivity index (χ4v) is 3.40. The van der Waals surface area contributed by atoms with Crippen LogP contribution < -0.4 is 10.6 Å². The molecule has 0 spiro atoms. The van der Waals surface area contributed by atoms with Crippen molar-refractivity contribution in [3.8, 4) is 0 Å². The summed E-state index contributed by atoms with van der Waals surface area (Å²) in [6.45, 7) is 2.95. The number of hydrogen-bond donors (Lipinski definition) is 2. The molecule has 1 amide bonds. The quantitative estimate of drug-likeness (QED) is 0.815. The van der Waals surface area contributed by atoms with Gasteiger partial charge in [0.05, 0.1) is 19.6 Å². The highest BCUT2D eigenvalue weighted by atomic mass is 32.1. The zero-order valence-electron chi connectivity index (χ0n) is 12.4. The lowest BCUT2D eigenvalue weighted by atomic mass is 9.92. The van der Waals surface area contributed by atoms with Crippen molar-refractivity contribution in [2.45, 2.75) is 38.3 Å². The number of hydrogen-bond acceptors (Lipinski definition) is 5. The van der Waals surface area contributed by atoms with E-state index >= 15 is 0 Å². The zero-order valence-corrected chi connectivity index (χ0v) is 13.2. The lowest BCUT2D eigenvalue weighted by Crippen LogP contribution is -2.43. The van der Waals surface area contributed by atoms with Crippen molar-refractivity contribution < 1.29 is 14.3 Å². The van der Waals surface area contributed by atoms with Crippen LogP contribution in [0.25, 0.3) is 0 Å². The van der Waals surface area contributed by atoms with Crippen LogP contribution in [0.3, 0.4) is 0 Å². The van der Waals surface area contributed by atoms with Crippen LogP contribution in [-0.2, 0) is 14.3 Å². The predicted octanol–water partition coefficient (Wildman–Crippen LogP) is 1.86. The van der Waals surface area contributed by atoms with Crippen LogP contribution in [0.5, 0.6) is 0 Å². The van der Waals surface area contributed by atoms with Crippen LogP contribution in [-0.4, -0.2) is 31.6 Å². The van der Waals surface area contributed by atoms with E-state index in [0.29, 0.717) is 6.04 Å². The average molecular weight is 310 g/mol. The van der Waals surface area contributed by atoms with Gasteiger partial charge in [-0.05, 0) is 37.8 Å². The van der Waals surface area contributed by atoms with Crippen molar-refractivity contribution in [2.24, 2.45) is 5.92 Å². The Hall–Kier alpha value is -1.40. The van der Waals surface area contributed by atoms with E-state index in [1.54, 1.807) is 0 Å². The standard InChI is InChI=1S/C15H22N2O3S/c1-10-8-11(5-6-16-10)15(19)17-12(9-14(18)20-2)13-4-3-7-21-13/h3-4,7,10-12,16H,5-6,8-9H2,1-2H3,(H,17,19). The third-order valence-electron chi connectivity index (χ3n) is 3.80. The molecule has 1 aliphatic heterocycles. The molecule has 0 aliphatic carbocycles. The van der Waals surface area contributed by atoms with Crippen LogP contribution in [0, 0.1) is 5.92 Å². The van der Waals surface area contributed by atoms with Crippen LogP contribution in [0.2, 0.25) is 0 Å². The maximum absolute atomic E-state index is 12.4. The molecule has 0 radical (unpaired) electrons. The third kappa shape index (κ3) is 4.54. The summed E-state index contributed by atoms with van der Waals surface area (Å²) in [5.41, 5.74) is 0. The van der Waals surface area contributed by atoms with E-state index in [2.05, 4.69) is 17.6 Å². The van der Waals surface area contributed by atoms with Crippen molar-refractivity contribution in [1.29, 1.82) is 0 Å². The highest BCUT2D eigenvalue weighted by Crippen LogP contribution is 2.24. The molecule has 0 bridgehead atoms. The van der Waals surface area contributed by atoms with Gasteiger partial charge in [0.1, 0.15) is 0 Å². The molecule has 3 atom stereocenters. The summed E-state index contributed by atoms with van der Waals surface area (Å²) in [5, 5.41) is 8.30. The predicted molar refractivity (Wildman–Crippen MR) is 82.0 cm³/mol. The molecule has 21 heavy (non-hydrogen) atoms. The zero-order chi connectivity index (χ0) is 15.2. The second-order valence-electron chi connectivity index (χ2n) is 5.43. The van der Waals surface area contributed by atoms with E-state index in [1.807, 2.05) is 17.5 Å². The largest absolute Gasteiger partial charge is 0.469 e. The molecule has 1 aliphatic rings. The maximum atomic E-state index is 12.4. The number of esters is 1. The van der Waals surface area contributed by atoms with E-state index in [-0.39, 0.29) is 30.3 Å². The van der Waals surface area contributed by atoms with Crippen LogP contribution in [0.1, 0.15) is 37.1 Å². The van der Waals surface area contributed by atoms with Crippen molar-refractivity contribution in [2.75, 3.05) is 13.7 Å². The van der Waals surface area contributed by atoms with Gasteiger partial charge < -0.3 is 15.4 Å². The molecule has 6 heteroatoms. The molecule has 1 fully saturated rings. The SMILES string of the molecule is COC(=O)CC(NC(=O)C1CCNC(C)C1)c1cccs1. The summed E-state index contributed by atoms with van der Waals surface area (Å²) < 4.78 is 4.73. The van der Waals surface area contributed by atoms with Gasteiger partial charge in [-0.25, -0.2) is 0 Å². The van der Waals surface area contributed by atoms with Crippen LogP contribution in [0.15, 0.2) is 17.5 Å². The van der Waals surface area contributed by atoms with Gasteiger partial charge in [0.15, 0.2) is 0 Å². The number of carbonyl (C=O) groups is 2. The van der Waals surface area contributed by atoms with Gasteiger partial charge in [-0.1, -0.05) is 6.07 Å². The summed E-state index contributed by atoms with van der Waals surface area (Å²) in [4.78, 5) is 25.0. The third-order valence-corrected chi connectivity index (χ3v) is 4.78. The molecular weight excluding hydrogens is 288 g/mol. The summed E-state index contributed by atoms with van der Waals surface area (Å²) in [6, 6.07) is 3.91. The smallest absolute Gasteiger partial charge is 0.307 e. The molecule has 0 saturated carbocycles. The van der Waals surface area contributed by atoms with E-state index in [4.69, 9.17) is 4.74 Å². The molecule has 2 rings (SSSR count). The molecule has 1 aromatic rings. The van der Waals surface area contributed by atoms with E-state index in [1.165, 1.54) is 18.4 Å². The first kappa shape index (κ1) is 16.0. The topological polar surface area (TPSA) is 67.4 Å². The molecule has 116 valence electrons. The van der Waals surface area contributed by atoms with Crippen LogP contribution >= 0.6 is 11.3 Å². The van der Waals surface area contributed by atoms with Gasteiger partial charge in [-0.15, -0.1) is 11.3 Å². The molecule has 0 aromatic carbocycles. The Labute approximate surface area is 129 Å². The van der Waals surface area contributed by atoms with Gasteiger partial charge >= 0.3 is 5.97 Å². The Morgan fingerprint density at radius 2 is 2.38 bits per heavy atom. The van der Waals surface area contributed by atoms with Crippen LogP contribution in [0.4, 0.5) is 0 Å². The molecule has 2 N–H and O–H groups in total. The number of carbonyl (C=O) groups excluding carboxylic acids is 2. The summed E-state index contributed by atoms with van der Waals surface area (Å²) in [5.74, 6) is -0.264. The average Bonchev–Trinajstić information content (AvgIpc) is 3.00. The van der Waals surface area contributed by atoms with E-state index < -0.39 is 0 Å². The normalized spacial score (nSPS) is 23.3. The van der Waals surface area contributed by atoms with Gasteiger partial charge in [-0.2, -0.15) is 0 Å². The molecule has 1 saturated heterocycles. The number of amides is 1. The van der Waals surface area contributed by atoms with Gasteiger partial charge in [0, 0.05) is 16.8 Å². The molecule has 2 heterocycles. The lowest BCUT2D eigenvalue weighted by Gasteiger charge is -2.28. The first-order valence-corrected chi connectivity index (χ1v) is 8.12. The fourth-order valence-electron chi connectivity index (χ4n) is 2.62. The minimum atomic E-state index is -0.313. The number of piperidine rings is 1. The first-order valence-electron chi connectivity index (χ1n) is 7.24. The lowest BCUT2D eigenvalue weighted by molar-refractivity contribution is -0.141. The summed E-state index contributed by atoms with van der Waals surface area (Å²) in [6.07, 6.45) is 1.84. The Balaban J connectivity index is 2.00. The minimum Gasteiger partial charge on any atom is -0.469 e. The molecule has 5 nitrogen and oxygen atoms in total. The number of methoxy groups -OCH3 is 1. The van der Waals surface area contributed by atoms with Crippen molar-refractivity contribution >= 4 is 23.2 Å². The Kier molecular flexibility index (Phi) is 5.76. The summed E-state index contributed by atoms with van der Waals surface area (Å²) >= 11 is 1.54. The van der Waals surface area contributed by atoms with Crippen molar-refractivity contribution in [3.63, 3.8) is 0 Å². The minimum absolute atomic E-state index is 0.0151. The fraction of sp³-hybridized carbons (Fsp3) is 0.600. The Morgan fingerprint density at radius 3 is 3.00 bits per heavy atom. The molecule has 1 aromatic heterocycles. The molecular formula is C15H22N2O3S. The Morgan fingerprint density at radius 1 is 1.57 bits per heavy atom. The number of thiophene rings is 1. The van der Waals surface area contributed by atoms with Gasteiger partial charge in [-0.3, -0.25) is 9.59 Å². The number of ether oxygens (including phenoxy) is 1. The van der Waals surface area contributed by atoms with Crippen molar-refractivity contribution in [1.82, 2.24) is 10.6 Å².